The van der Waals surface area contributed by atoms with E-state index in [1.54, 1.807) is 0 Å². The second kappa shape index (κ2) is 3.75. The van der Waals surface area contributed by atoms with E-state index in [-0.39, 0.29) is 5.60 Å². The van der Waals surface area contributed by atoms with Gasteiger partial charge in [-0.25, -0.2) is 0 Å². The summed E-state index contributed by atoms with van der Waals surface area (Å²) < 4.78 is 5.74. The van der Waals surface area contributed by atoms with Crippen LogP contribution in [0, 0.1) is 5.92 Å². The summed E-state index contributed by atoms with van der Waals surface area (Å²) in [5, 5.41) is 3.45. The lowest BCUT2D eigenvalue weighted by atomic mass is 10.0. The molecule has 1 N–H and O–H groups in total. The third kappa shape index (κ3) is 1.50. The summed E-state index contributed by atoms with van der Waals surface area (Å²) in [6.45, 7) is 10.4. The van der Waals surface area contributed by atoms with Crippen molar-refractivity contribution in [2.24, 2.45) is 5.92 Å². The Kier molecular flexibility index (Phi) is 3.13. The van der Waals surface area contributed by atoms with E-state index in [9.17, 15) is 0 Å². The van der Waals surface area contributed by atoms with Gasteiger partial charge in [-0.3, -0.25) is 0 Å². The van der Waals surface area contributed by atoms with Gasteiger partial charge in [-0.15, -0.1) is 0 Å². The van der Waals surface area contributed by atoms with Crippen molar-refractivity contribution in [2.75, 3.05) is 13.2 Å². The van der Waals surface area contributed by atoms with Gasteiger partial charge in [0, 0.05) is 12.6 Å². The molecule has 1 saturated heterocycles. The van der Waals surface area contributed by atoms with Crippen LogP contribution < -0.4 is 5.32 Å². The molecule has 0 aromatic carbocycles. The Labute approximate surface area is 75.7 Å². The van der Waals surface area contributed by atoms with Gasteiger partial charge in [0.25, 0.3) is 0 Å². The predicted octanol–water partition coefficient (Wildman–Crippen LogP) is 1.80. The molecule has 0 radical (unpaired) electrons. The summed E-state index contributed by atoms with van der Waals surface area (Å²) in [6.07, 6.45) is 1.23. The first-order valence-electron chi connectivity index (χ1n) is 5.13. The monoisotopic (exact) mass is 171 g/mol. The molecule has 1 heterocycles. The first-order valence-corrected chi connectivity index (χ1v) is 5.13. The molecule has 0 aromatic heterocycles. The highest BCUT2D eigenvalue weighted by Crippen LogP contribution is 2.47. The van der Waals surface area contributed by atoms with Crippen molar-refractivity contribution in [3.05, 3.63) is 0 Å². The zero-order valence-electron chi connectivity index (χ0n) is 8.68. The van der Waals surface area contributed by atoms with Crippen LogP contribution in [0.3, 0.4) is 0 Å². The van der Waals surface area contributed by atoms with Crippen LogP contribution in [0.15, 0.2) is 0 Å². The van der Waals surface area contributed by atoms with Crippen LogP contribution in [0.2, 0.25) is 0 Å². The zero-order valence-corrected chi connectivity index (χ0v) is 8.68. The maximum atomic E-state index is 5.74. The molecule has 2 nitrogen and oxygen atoms in total. The fraction of sp³-hybridized carbons (Fsp3) is 1.00. The van der Waals surface area contributed by atoms with Crippen molar-refractivity contribution in [2.45, 2.75) is 45.8 Å². The van der Waals surface area contributed by atoms with Crippen molar-refractivity contribution in [3.63, 3.8) is 0 Å². The highest BCUT2D eigenvalue weighted by Gasteiger charge is 2.58. The minimum atomic E-state index is 0.234. The fourth-order valence-corrected chi connectivity index (χ4v) is 1.94. The van der Waals surface area contributed by atoms with E-state index in [0.29, 0.717) is 12.0 Å². The maximum Gasteiger partial charge on any atom is 0.0875 e. The molecule has 72 valence electrons. The summed E-state index contributed by atoms with van der Waals surface area (Å²) in [5.41, 5.74) is 0.234. The SMILES string of the molecule is CC.CC(C)C12CC1NCCO2. The minimum Gasteiger partial charge on any atom is -0.372 e. The van der Waals surface area contributed by atoms with E-state index in [4.69, 9.17) is 4.74 Å². The number of morpholine rings is 1. The predicted molar refractivity (Wildman–Crippen MR) is 51.3 cm³/mol. The van der Waals surface area contributed by atoms with Gasteiger partial charge < -0.3 is 10.1 Å². The second-order valence-electron chi connectivity index (χ2n) is 3.67. The molecule has 1 aliphatic carbocycles. The summed E-state index contributed by atoms with van der Waals surface area (Å²) in [4.78, 5) is 0. The number of fused-ring (bicyclic) bond motifs is 1. The van der Waals surface area contributed by atoms with Crippen LogP contribution in [0.5, 0.6) is 0 Å². The highest BCUT2D eigenvalue weighted by atomic mass is 16.5. The average Bonchev–Trinajstić information content (AvgIpc) is 2.83. The lowest BCUT2D eigenvalue weighted by molar-refractivity contribution is -0.0232. The van der Waals surface area contributed by atoms with Crippen molar-refractivity contribution < 1.29 is 4.74 Å². The van der Waals surface area contributed by atoms with Gasteiger partial charge in [0.05, 0.1) is 12.2 Å². The first kappa shape index (κ1) is 10.0. The van der Waals surface area contributed by atoms with E-state index >= 15 is 0 Å². The standard InChI is InChI=1S/C8H15NO.C2H6/c1-6(2)8-5-7(8)9-3-4-10-8;1-2/h6-7,9H,3-5H2,1-2H3;1-2H3. The van der Waals surface area contributed by atoms with Crippen molar-refractivity contribution in [1.82, 2.24) is 5.32 Å². The van der Waals surface area contributed by atoms with E-state index in [1.165, 1.54) is 6.42 Å². The van der Waals surface area contributed by atoms with Crippen molar-refractivity contribution >= 4 is 0 Å². The third-order valence-corrected chi connectivity index (χ3v) is 2.79. The first-order chi connectivity index (χ1) is 5.76. The van der Waals surface area contributed by atoms with Gasteiger partial charge in [0.15, 0.2) is 0 Å². The fourth-order valence-electron chi connectivity index (χ4n) is 1.94. The van der Waals surface area contributed by atoms with Crippen LogP contribution in [0.4, 0.5) is 0 Å². The Morgan fingerprint density at radius 1 is 1.42 bits per heavy atom. The maximum absolute atomic E-state index is 5.74. The van der Waals surface area contributed by atoms with E-state index in [1.807, 2.05) is 13.8 Å². The Hall–Kier alpha value is -0.0800. The van der Waals surface area contributed by atoms with E-state index in [0.717, 1.165) is 13.2 Å². The second-order valence-corrected chi connectivity index (χ2v) is 3.67. The third-order valence-electron chi connectivity index (χ3n) is 2.79. The summed E-state index contributed by atoms with van der Waals surface area (Å²) in [5.74, 6) is 0.672. The lowest BCUT2D eigenvalue weighted by Crippen LogP contribution is -2.41. The molecular weight excluding hydrogens is 150 g/mol. The van der Waals surface area contributed by atoms with Crippen molar-refractivity contribution in [1.29, 1.82) is 0 Å². The van der Waals surface area contributed by atoms with E-state index in [2.05, 4.69) is 19.2 Å². The quantitative estimate of drug-likeness (QED) is 0.649. The van der Waals surface area contributed by atoms with Gasteiger partial charge in [0.2, 0.25) is 0 Å². The molecule has 0 spiro atoms. The molecule has 2 atom stereocenters. The number of hydrogen-bond donors (Lipinski definition) is 1. The Morgan fingerprint density at radius 2 is 2.08 bits per heavy atom. The highest BCUT2D eigenvalue weighted by molar-refractivity contribution is 5.14. The molecule has 2 heteroatoms. The molecule has 0 amide bonds. The smallest absolute Gasteiger partial charge is 0.0875 e. The molecule has 12 heavy (non-hydrogen) atoms. The molecule has 2 unspecified atom stereocenters. The molecule has 2 aliphatic rings. The topological polar surface area (TPSA) is 21.3 Å². The average molecular weight is 171 g/mol. The zero-order chi connectivity index (χ0) is 9.19. The molecule has 1 aliphatic heterocycles. The minimum absolute atomic E-state index is 0.234. The Morgan fingerprint density at radius 3 is 2.50 bits per heavy atom. The van der Waals surface area contributed by atoms with Crippen LogP contribution in [-0.2, 0) is 4.74 Å². The van der Waals surface area contributed by atoms with E-state index < -0.39 is 0 Å². The largest absolute Gasteiger partial charge is 0.372 e. The number of nitrogens with one attached hydrogen (secondary N) is 1. The van der Waals surface area contributed by atoms with Gasteiger partial charge in [-0.1, -0.05) is 27.7 Å². The van der Waals surface area contributed by atoms with Crippen LogP contribution in [0.25, 0.3) is 0 Å². The number of hydrogen-bond acceptors (Lipinski definition) is 2. The Balaban J connectivity index is 0.000000336. The molecule has 0 aromatic rings. The van der Waals surface area contributed by atoms with Crippen LogP contribution in [0.1, 0.15) is 34.1 Å². The molecule has 2 fully saturated rings. The lowest BCUT2D eigenvalue weighted by Gasteiger charge is -2.26. The molecule has 0 bridgehead atoms. The van der Waals surface area contributed by atoms with Gasteiger partial charge in [-0.2, -0.15) is 0 Å². The van der Waals surface area contributed by atoms with Crippen molar-refractivity contribution in [3.8, 4) is 0 Å². The van der Waals surface area contributed by atoms with Gasteiger partial charge in [-0.05, 0) is 12.3 Å². The van der Waals surface area contributed by atoms with Gasteiger partial charge in [0.1, 0.15) is 0 Å². The number of ether oxygens (including phenoxy) is 1. The summed E-state index contributed by atoms with van der Waals surface area (Å²) in [6, 6.07) is 0.668. The molecule has 2 rings (SSSR count). The van der Waals surface area contributed by atoms with Crippen LogP contribution >= 0.6 is 0 Å². The molecule has 1 saturated carbocycles. The summed E-state index contributed by atoms with van der Waals surface area (Å²) in [7, 11) is 0. The van der Waals surface area contributed by atoms with Crippen LogP contribution in [-0.4, -0.2) is 24.8 Å². The normalized spacial score (nSPS) is 38.2. The van der Waals surface area contributed by atoms with Gasteiger partial charge >= 0.3 is 0 Å². The number of rotatable bonds is 1. The Bertz CT molecular complexity index is 147. The molecular formula is C10H21NO. The summed E-state index contributed by atoms with van der Waals surface area (Å²) >= 11 is 0.